The van der Waals surface area contributed by atoms with Crippen LogP contribution in [0.3, 0.4) is 0 Å². The molecule has 0 aromatic carbocycles. The van der Waals surface area contributed by atoms with E-state index in [1.54, 1.807) is 0 Å². The zero-order chi connectivity index (χ0) is 22.1. The van der Waals surface area contributed by atoms with E-state index in [4.69, 9.17) is 0 Å². The Bertz CT molecular complexity index is 759. The molecule has 0 radical (unpaired) electrons. The van der Waals surface area contributed by atoms with Crippen LogP contribution < -0.4 is 5.32 Å². The number of amides is 5. The third-order valence-electron chi connectivity index (χ3n) is 7.29. The molecule has 5 rings (SSSR count). The first-order valence-corrected chi connectivity index (χ1v) is 11.3. The van der Waals surface area contributed by atoms with E-state index in [1.807, 2.05) is 13.8 Å². The van der Waals surface area contributed by atoms with Gasteiger partial charge in [0.25, 0.3) is 0 Å². The van der Waals surface area contributed by atoms with Gasteiger partial charge < -0.3 is 5.32 Å². The summed E-state index contributed by atoms with van der Waals surface area (Å²) in [5, 5.41) is 2.93. The quantitative estimate of drug-likeness (QED) is 0.550. The van der Waals surface area contributed by atoms with Crippen LogP contribution in [-0.4, -0.2) is 51.2 Å². The van der Waals surface area contributed by atoms with Crippen molar-refractivity contribution in [2.45, 2.75) is 90.6 Å². The topological polar surface area (TPSA) is 86.8 Å². The van der Waals surface area contributed by atoms with Crippen LogP contribution in [0.25, 0.3) is 0 Å². The van der Waals surface area contributed by atoms with Gasteiger partial charge in [0.1, 0.15) is 6.54 Å². The molecule has 1 aliphatic heterocycles. The van der Waals surface area contributed by atoms with E-state index in [0.29, 0.717) is 17.8 Å². The van der Waals surface area contributed by atoms with Crippen LogP contribution in [0.4, 0.5) is 4.79 Å². The number of rotatable bonds is 5. The maximum Gasteiger partial charge on any atom is 0.335 e. The number of urea groups is 1. The van der Waals surface area contributed by atoms with Crippen LogP contribution in [0.2, 0.25) is 0 Å². The molecule has 0 aromatic heterocycles. The Hall–Kier alpha value is -1.92. The second-order valence-electron chi connectivity index (χ2n) is 12.1. The maximum absolute atomic E-state index is 13.2. The number of hydrogen-bond donors (Lipinski definition) is 1. The van der Waals surface area contributed by atoms with E-state index in [9.17, 15) is 19.2 Å². The molecule has 0 atom stereocenters. The molecule has 7 heteroatoms. The Morgan fingerprint density at radius 2 is 1.43 bits per heavy atom. The summed E-state index contributed by atoms with van der Waals surface area (Å²) in [7, 11) is 0. The van der Waals surface area contributed by atoms with Gasteiger partial charge in [0.2, 0.25) is 5.91 Å². The van der Waals surface area contributed by atoms with E-state index >= 15 is 0 Å². The molecule has 7 nitrogen and oxygen atoms in total. The van der Waals surface area contributed by atoms with Crippen LogP contribution >= 0.6 is 0 Å². The molecular weight excluding hydrogens is 382 g/mol. The van der Waals surface area contributed by atoms with Gasteiger partial charge in [-0.3, -0.25) is 14.4 Å². The summed E-state index contributed by atoms with van der Waals surface area (Å²) in [6, 6.07) is -0.601. The highest BCUT2D eigenvalue weighted by Crippen LogP contribution is 2.58. The van der Waals surface area contributed by atoms with E-state index < -0.39 is 41.4 Å². The molecule has 1 N–H and O–H groups in total. The van der Waals surface area contributed by atoms with Gasteiger partial charge in [-0.1, -0.05) is 20.8 Å². The third kappa shape index (κ3) is 3.76. The lowest BCUT2D eigenvalue weighted by atomic mass is 9.52. The van der Waals surface area contributed by atoms with Crippen molar-refractivity contribution in [3.8, 4) is 0 Å². The largest absolute Gasteiger partial charge is 0.350 e. The molecular formula is C23H35N3O4. The Labute approximate surface area is 178 Å². The normalized spacial score (nSPS) is 33.6. The number of nitrogens with one attached hydrogen (secondary N) is 1. The maximum atomic E-state index is 13.2. The Balaban J connectivity index is 1.47. The molecule has 4 saturated carbocycles. The number of imide groups is 2. The molecule has 166 valence electrons. The fourth-order valence-corrected chi connectivity index (χ4v) is 7.33. The minimum atomic E-state index is -0.862. The minimum Gasteiger partial charge on any atom is -0.350 e. The highest BCUT2D eigenvalue weighted by molar-refractivity contribution is 6.45. The van der Waals surface area contributed by atoms with Gasteiger partial charge in [-0.05, 0) is 82.0 Å². The van der Waals surface area contributed by atoms with Crippen molar-refractivity contribution in [2.75, 3.05) is 6.54 Å². The van der Waals surface area contributed by atoms with Gasteiger partial charge in [0, 0.05) is 5.54 Å². The first-order valence-electron chi connectivity index (χ1n) is 11.3. The summed E-state index contributed by atoms with van der Waals surface area (Å²) in [4.78, 5) is 53.5. The van der Waals surface area contributed by atoms with Gasteiger partial charge in [0.05, 0.1) is 5.54 Å². The lowest BCUT2D eigenvalue weighted by molar-refractivity contribution is -0.150. The SMILES string of the molecule is CC(C)(C)CC(C)(C)NC(=O)CN1C(=O)C(=O)N(C23CC4CC(CC(C4)C2)C3)C1=O. The van der Waals surface area contributed by atoms with Crippen molar-refractivity contribution in [3.63, 3.8) is 0 Å². The van der Waals surface area contributed by atoms with E-state index in [0.717, 1.165) is 30.6 Å². The zero-order valence-corrected chi connectivity index (χ0v) is 18.9. The van der Waals surface area contributed by atoms with Crippen molar-refractivity contribution in [1.29, 1.82) is 0 Å². The molecule has 0 spiro atoms. The number of carbonyl (C=O) groups excluding carboxylic acids is 4. The van der Waals surface area contributed by atoms with Crippen LogP contribution in [-0.2, 0) is 14.4 Å². The first-order chi connectivity index (χ1) is 13.8. The molecule has 5 fully saturated rings. The predicted molar refractivity (Wildman–Crippen MR) is 111 cm³/mol. The number of nitrogens with zero attached hydrogens (tertiary/aromatic N) is 2. The van der Waals surface area contributed by atoms with Crippen molar-refractivity contribution in [3.05, 3.63) is 0 Å². The molecule has 0 unspecified atom stereocenters. The van der Waals surface area contributed by atoms with Gasteiger partial charge in [0.15, 0.2) is 0 Å². The Kier molecular flexibility index (Phi) is 4.83. The molecule has 1 saturated heterocycles. The molecule has 4 aliphatic carbocycles. The summed E-state index contributed by atoms with van der Waals surface area (Å²) in [6.45, 7) is 9.73. The monoisotopic (exact) mass is 417 g/mol. The zero-order valence-electron chi connectivity index (χ0n) is 18.9. The smallest absolute Gasteiger partial charge is 0.335 e. The highest BCUT2D eigenvalue weighted by atomic mass is 16.2. The van der Waals surface area contributed by atoms with Crippen molar-refractivity contribution < 1.29 is 19.2 Å². The van der Waals surface area contributed by atoms with Crippen molar-refractivity contribution in [2.24, 2.45) is 23.2 Å². The van der Waals surface area contributed by atoms with E-state index in [2.05, 4.69) is 26.1 Å². The predicted octanol–water partition coefficient (Wildman–Crippen LogP) is 3.08. The molecule has 1 heterocycles. The van der Waals surface area contributed by atoms with E-state index in [-0.39, 0.29) is 5.41 Å². The van der Waals surface area contributed by atoms with Gasteiger partial charge in [-0.25, -0.2) is 14.6 Å². The molecule has 5 aliphatic rings. The fourth-order valence-electron chi connectivity index (χ4n) is 7.33. The summed E-state index contributed by atoms with van der Waals surface area (Å²) >= 11 is 0. The van der Waals surface area contributed by atoms with Crippen molar-refractivity contribution in [1.82, 2.24) is 15.1 Å². The van der Waals surface area contributed by atoms with Crippen LogP contribution in [0.1, 0.15) is 79.6 Å². The van der Waals surface area contributed by atoms with Crippen LogP contribution in [0, 0.1) is 23.2 Å². The average molecular weight is 418 g/mol. The minimum absolute atomic E-state index is 0.0152. The first kappa shape index (κ1) is 21.3. The molecule has 0 aromatic rings. The number of carbonyl (C=O) groups is 4. The Morgan fingerprint density at radius 1 is 0.933 bits per heavy atom. The highest BCUT2D eigenvalue weighted by Gasteiger charge is 2.61. The van der Waals surface area contributed by atoms with Crippen molar-refractivity contribution >= 4 is 23.8 Å². The standard InChI is InChI=1S/C23H35N3O4/c1-21(2,3)13-22(4,5)24-17(27)12-25-18(28)19(29)26(20(25)30)23-9-14-6-15(10-23)8-16(7-14)11-23/h14-16H,6-13H2,1-5H3,(H,24,27). The second-order valence-corrected chi connectivity index (χ2v) is 12.1. The lowest BCUT2D eigenvalue weighted by Crippen LogP contribution is -2.62. The molecule has 4 bridgehead atoms. The summed E-state index contributed by atoms with van der Waals surface area (Å²) in [5.41, 5.74) is -0.985. The second kappa shape index (κ2) is 6.79. The Morgan fingerprint density at radius 3 is 1.90 bits per heavy atom. The lowest BCUT2D eigenvalue weighted by Gasteiger charge is -2.58. The van der Waals surface area contributed by atoms with Gasteiger partial charge in [-0.15, -0.1) is 0 Å². The summed E-state index contributed by atoms with van der Waals surface area (Å²) < 4.78 is 0. The van der Waals surface area contributed by atoms with Gasteiger partial charge in [-0.2, -0.15) is 0 Å². The van der Waals surface area contributed by atoms with Gasteiger partial charge >= 0.3 is 17.8 Å². The number of hydrogen-bond acceptors (Lipinski definition) is 4. The molecule has 5 amide bonds. The molecule has 30 heavy (non-hydrogen) atoms. The average Bonchev–Trinajstić information content (AvgIpc) is 2.74. The third-order valence-corrected chi connectivity index (χ3v) is 7.29. The fraction of sp³-hybridized carbons (Fsp3) is 0.826. The summed E-state index contributed by atoms with van der Waals surface area (Å²) in [6.07, 6.45) is 6.70. The van der Waals surface area contributed by atoms with Crippen LogP contribution in [0.5, 0.6) is 0 Å². The summed E-state index contributed by atoms with van der Waals surface area (Å²) in [5.74, 6) is -0.387. The van der Waals surface area contributed by atoms with E-state index in [1.165, 1.54) is 24.2 Å². The van der Waals surface area contributed by atoms with Crippen LogP contribution in [0.15, 0.2) is 0 Å².